The van der Waals surface area contributed by atoms with E-state index in [1.54, 1.807) is 0 Å². The van der Waals surface area contributed by atoms with Crippen LogP contribution in [0.5, 0.6) is 0 Å². The molecule has 2 unspecified atom stereocenters. The second kappa shape index (κ2) is 8.15. The maximum absolute atomic E-state index is 12.3. The minimum absolute atomic E-state index is 0.392. The van der Waals surface area contributed by atoms with Gasteiger partial charge in [-0.05, 0) is 18.0 Å². The van der Waals surface area contributed by atoms with Crippen LogP contribution in [0.2, 0.25) is 0 Å². The monoisotopic (exact) mass is 292 g/mol. The number of benzene rings is 1. The molecule has 0 spiro atoms. The first-order valence-corrected chi connectivity index (χ1v) is 7.63. The van der Waals surface area contributed by atoms with E-state index in [1.165, 1.54) is 7.11 Å². The van der Waals surface area contributed by atoms with Gasteiger partial charge in [-0.25, -0.2) is 4.79 Å². The maximum Gasteiger partial charge on any atom is 0.331 e. The highest BCUT2D eigenvalue weighted by Crippen LogP contribution is 2.22. The molecule has 0 amide bonds. The van der Waals surface area contributed by atoms with Crippen molar-refractivity contribution in [2.45, 2.75) is 32.7 Å². The molecular weight excluding hydrogens is 264 g/mol. The van der Waals surface area contributed by atoms with E-state index in [-0.39, 0.29) is 0 Å². The molecular formula is C17H28N2O2. The topological polar surface area (TPSA) is 55.6 Å². The zero-order valence-electron chi connectivity index (χ0n) is 13.6. The zero-order chi connectivity index (χ0) is 15.9. The van der Waals surface area contributed by atoms with Crippen molar-refractivity contribution in [3.63, 3.8) is 0 Å². The summed E-state index contributed by atoms with van der Waals surface area (Å²) < 4.78 is 4.96. The highest BCUT2D eigenvalue weighted by molar-refractivity contribution is 5.82. The zero-order valence-corrected chi connectivity index (χ0v) is 13.6. The third-order valence-electron chi connectivity index (χ3n) is 4.03. The first-order valence-electron chi connectivity index (χ1n) is 7.63. The number of carbonyl (C=O) groups is 1. The van der Waals surface area contributed by atoms with Crippen LogP contribution >= 0.6 is 0 Å². The number of rotatable bonds is 8. The van der Waals surface area contributed by atoms with E-state index in [2.05, 4.69) is 25.7 Å². The van der Waals surface area contributed by atoms with Gasteiger partial charge in [-0.3, -0.25) is 0 Å². The number of carbonyl (C=O) groups excluding carboxylic acids is 1. The number of likely N-dealkylation sites (N-methyl/N-ethyl adjacent to an activating group) is 1. The van der Waals surface area contributed by atoms with Gasteiger partial charge in [0.05, 0.1) is 7.11 Å². The number of hydrogen-bond donors (Lipinski definition) is 1. The van der Waals surface area contributed by atoms with Gasteiger partial charge in [0.25, 0.3) is 0 Å². The summed E-state index contributed by atoms with van der Waals surface area (Å²) in [5, 5.41) is 0. The molecule has 0 heterocycles. The molecule has 1 rings (SSSR count). The number of ether oxygens (including phenoxy) is 1. The number of methoxy groups -OCH3 is 1. The Kier molecular flexibility index (Phi) is 6.85. The molecule has 1 aromatic carbocycles. The van der Waals surface area contributed by atoms with Gasteiger partial charge in [0.2, 0.25) is 0 Å². The predicted octanol–water partition coefficient (Wildman–Crippen LogP) is 2.38. The summed E-state index contributed by atoms with van der Waals surface area (Å²) in [6.45, 7) is 8.71. The Hall–Kier alpha value is -1.39. The van der Waals surface area contributed by atoms with Crippen LogP contribution < -0.4 is 5.73 Å². The van der Waals surface area contributed by atoms with Crippen molar-refractivity contribution in [2.75, 3.05) is 26.7 Å². The van der Waals surface area contributed by atoms with Gasteiger partial charge in [-0.1, -0.05) is 57.5 Å². The van der Waals surface area contributed by atoms with Gasteiger partial charge in [-0.2, -0.15) is 0 Å². The summed E-state index contributed by atoms with van der Waals surface area (Å²) in [5.41, 5.74) is 6.12. The van der Waals surface area contributed by atoms with E-state index in [4.69, 9.17) is 10.5 Å². The molecule has 2 atom stereocenters. The number of esters is 1. The van der Waals surface area contributed by atoms with Crippen LogP contribution in [0.1, 0.15) is 32.8 Å². The lowest BCUT2D eigenvalue weighted by molar-refractivity contribution is -0.148. The fourth-order valence-electron chi connectivity index (χ4n) is 2.42. The predicted molar refractivity (Wildman–Crippen MR) is 85.9 cm³/mol. The van der Waals surface area contributed by atoms with Gasteiger partial charge < -0.3 is 15.4 Å². The Morgan fingerprint density at radius 2 is 1.95 bits per heavy atom. The van der Waals surface area contributed by atoms with Crippen LogP contribution in [0.15, 0.2) is 30.3 Å². The van der Waals surface area contributed by atoms with E-state index in [1.807, 2.05) is 30.3 Å². The lowest BCUT2D eigenvalue weighted by Gasteiger charge is -2.34. The molecule has 4 heteroatoms. The molecule has 0 saturated carbocycles. The van der Waals surface area contributed by atoms with Gasteiger partial charge in [0.1, 0.15) is 0 Å². The number of nitrogens with zero attached hydrogens (tertiary/aromatic N) is 1. The SMILES string of the molecule is CCC(C)CN(CC)CC(N)(C(=O)OC)c1ccccc1. The second-order valence-electron chi connectivity index (χ2n) is 5.67. The molecule has 0 bridgehead atoms. The normalized spacial score (nSPS) is 15.5. The summed E-state index contributed by atoms with van der Waals surface area (Å²) in [6, 6.07) is 9.47. The van der Waals surface area contributed by atoms with Crippen LogP contribution in [0, 0.1) is 5.92 Å². The van der Waals surface area contributed by atoms with Gasteiger partial charge in [0.15, 0.2) is 5.54 Å². The first-order chi connectivity index (χ1) is 9.97. The smallest absolute Gasteiger partial charge is 0.331 e. The van der Waals surface area contributed by atoms with Crippen LogP contribution in [-0.4, -0.2) is 37.6 Å². The van der Waals surface area contributed by atoms with Crippen molar-refractivity contribution < 1.29 is 9.53 Å². The number of nitrogens with two attached hydrogens (primary N) is 1. The van der Waals surface area contributed by atoms with Crippen LogP contribution in [0.4, 0.5) is 0 Å². The quantitative estimate of drug-likeness (QED) is 0.747. The van der Waals surface area contributed by atoms with E-state index in [0.29, 0.717) is 12.5 Å². The molecule has 2 N–H and O–H groups in total. The minimum Gasteiger partial charge on any atom is -0.467 e. The molecule has 118 valence electrons. The van der Waals surface area contributed by atoms with Crippen LogP contribution in [0.3, 0.4) is 0 Å². The largest absolute Gasteiger partial charge is 0.467 e. The standard InChI is InChI=1S/C17H28N2O2/c1-5-14(3)12-19(6-2)13-17(18,16(20)21-4)15-10-8-7-9-11-15/h7-11,14H,5-6,12-13,18H2,1-4H3. The molecule has 0 radical (unpaired) electrons. The fraction of sp³-hybridized carbons (Fsp3) is 0.588. The summed E-state index contributed by atoms with van der Waals surface area (Å²) in [5.74, 6) is 0.180. The number of hydrogen-bond acceptors (Lipinski definition) is 4. The molecule has 0 aliphatic rings. The van der Waals surface area contributed by atoms with Crippen molar-refractivity contribution in [2.24, 2.45) is 11.7 Å². The Labute approximate surface area is 128 Å². The third kappa shape index (κ3) is 4.55. The Morgan fingerprint density at radius 1 is 1.33 bits per heavy atom. The fourth-order valence-corrected chi connectivity index (χ4v) is 2.42. The lowest BCUT2D eigenvalue weighted by atomic mass is 9.90. The molecule has 0 aromatic heterocycles. The van der Waals surface area contributed by atoms with Crippen molar-refractivity contribution in [1.29, 1.82) is 0 Å². The van der Waals surface area contributed by atoms with E-state index < -0.39 is 11.5 Å². The molecule has 4 nitrogen and oxygen atoms in total. The van der Waals surface area contributed by atoms with Crippen LogP contribution in [0.25, 0.3) is 0 Å². The van der Waals surface area contributed by atoms with E-state index >= 15 is 0 Å². The van der Waals surface area contributed by atoms with Crippen molar-refractivity contribution in [3.8, 4) is 0 Å². The third-order valence-corrected chi connectivity index (χ3v) is 4.03. The van der Waals surface area contributed by atoms with Gasteiger partial charge in [0, 0.05) is 13.1 Å². The van der Waals surface area contributed by atoms with Crippen molar-refractivity contribution in [3.05, 3.63) is 35.9 Å². The van der Waals surface area contributed by atoms with Crippen LogP contribution in [-0.2, 0) is 15.1 Å². The molecule has 0 fully saturated rings. The maximum atomic E-state index is 12.3. The molecule has 0 aliphatic carbocycles. The Bertz CT molecular complexity index is 436. The second-order valence-corrected chi connectivity index (χ2v) is 5.67. The summed E-state index contributed by atoms with van der Waals surface area (Å²) in [4.78, 5) is 14.5. The molecule has 0 aliphatic heterocycles. The molecule has 1 aromatic rings. The average molecular weight is 292 g/mol. The van der Waals surface area contributed by atoms with Gasteiger partial charge in [-0.15, -0.1) is 0 Å². The highest BCUT2D eigenvalue weighted by Gasteiger charge is 2.38. The summed E-state index contributed by atoms with van der Waals surface area (Å²) in [7, 11) is 1.39. The van der Waals surface area contributed by atoms with Gasteiger partial charge >= 0.3 is 5.97 Å². The Balaban J connectivity index is 3.00. The summed E-state index contributed by atoms with van der Waals surface area (Å²) in [6.07, 6.45) is 1.11. The van der Waals surface area contributed by atoms with Crippen molar-refractivity contribution in [1.82, 2.24) is 4.90 Å². The highest BCUT2D eigenvalue weighted by atomic mass is 16.5. The molecule has 21 heavy (non-hydrogen) atoms. The van der Waals surface area contributed by atoms with Crippen molar-refractivity contribution >= 4 is 5.97 Å². The Morgan fingerprint density at radius 3 is 2.43 bits per heavy atom. The lowest BCUT2D eigenvalue weighted by Crippen LogP contribution is -2.54. The van der Waals surface area contributed by atoms with E-state index in [9.17, 15) is 4.79 Å². The molecule has 0 saturated heterocycles. The van der Waals surface area contributed by atoms with E-state index in [0.717, 1.165) is 25.1 Å². The minimum atomic E-state index is -1.13. The average Bonchev–Trinajstić information content (AvgIpc) is 2.53. The summed E-state index contributed by atoms with van der Waals surface area (Å²) >= 11 is 0. The first kappa shape index (κ1) is 17.7.